The first-order valence-corrected chi connectivity index (χ1v) is 5.91. The second kappa shape index (κ2) is 3.97. The van der Waals surface area contributed by atoms with Crippen molar-refractivity contribution in [1.82, 2.24) is 0 Å². The fraction of sp³-hybridized carbons (Fsp3) is 0.143. The Morgan fingerprint density at radius 3 is 3.00 bits per heavy atom. The molecule has 1 aliphatic rings. The van der Waals surface area contributed by atoms with Crippen LogP contribution in [0.4, 0.5) is 5.69 Å². The zero-order chi connectivity index (χ0) is 11.8. The first kappa shape index (κ1) is 10.5. The van der Waals surface area contributed by atoms with Crippen LogP contribution in [-0.2, 0) is 6.54 Å². The molecule has 17 heavy (non-hydrogen) atoms. The van der Waals surface area contributed by atoms with Crippen molar-refractivity contribution in [3.8, 4) is 11.5 Å². The molecule has 0 amide bonds. The number of aryl methyl sites for hydroxylation is 1. The molecule has 3 rings (SSSR count). The normalized spacial score (nSPS) is 12.8. The number of rotatable bonds is 0. The number of ether oxygens (including phenoxy) is 1. The van der Waals surface area contributed by atoms with Gasteiger partial charge in [0.2, 0.25) is 0 Å². The summed E-state index contributed by atoms with van der Waals surface area (Å²) in [5, 5.41) is 4.02. The van der Waals surface area contributed by atoms with E-state index in [1.54, 1.807) is 0 Å². The second-order valence-electron chi connectivity index (χ2n) is 4.18. The van der Waals surface area contributed by atoms with Crippen LogP contribution in [0.15, 0.2) is 36.4 Å². The van der Waals surface area contributed by atoms with Crippen molar-refractivity contribution in [2.45, 2.75) is 13.5 Å². The van der Waals surface area contributed by atoms with Gasteiger partial charge in [0.05, 0.1) is 10.7 Å². The summed E-state index contributed by atoms with van der Waals surface area (Å²) < 4.78 is 5.89. The number of para-hydroxylation sites is 1. The Morgan fingerprint density at radius 1 is 1.24 bits per heavy atom. The molecule has 0 atom stereocenters. The highest BCUT2D eigenvalue weighted by Gasteiger charge is 2.16. The first-order chi connectivity index (χ1) is 8.24. The molecule has 0 fully saturated rings. The minimum Gasteiger partial charge on any atom is -0.453 e. The van der Waals surface area contributed by atoms with Gasteiger partial charge in [-0.05, 0) is 30.7 Å². The third-order valence-corrected chi connectivity index (χ3v) is 3.16. The molecular formula is C14H12ClNO. The van der Waals surface area contributed by atoms with Gasteiger partial charge in [-0.25, -0.2) is 0 Å². The second-order valence-corrected chi connectivity index (χ2v) is 4.59. The van der Waals surface area contributed by atoms with Crippen molar-refractivity contribution in [2.75, 3.05) is 5.32 Å². The minimum absolute atomic E-state index is 0.651. The summed E-state index contributed by atoms with van der Waals surface area (Å²) >= 11 is 6.16. The van der Waals surface area contributed by atoms with E-state index < -0.39 is 0 Å². The lowest BCUT2D eigenvalue weighted by atomic mass is 10.2. The topological polar surface area (TPSA) is 21.3 Å². The SMILES string of the molecule is Cc1ccc2c(c1)NCc1cccc(Cl)c1O2. The maximum Gasteiger partial charge on any atom is 0.151 e. The lowest BCUT2D eigenvalue weighted by molar-refractivity contribution is 0.484. The van der Waals surface area contributed by atoms with Gasteiger partial charge in [-0.15, -0.1) is 0 Å². The number of hydrogen-bond donors (Lipinski definition) is 1. The Bertz CT molecular complexity index is 580. The molecular weight excluding hydrogens is 234 g/mol. The highest BCUT2D eigenvalue weighted by atomic mass is 35.5. The van der Waals surface area contributed by atoms with Crippen molar-refractivity contribution in [3.05, 3.63) is 52.5 Å². The van der Waals surface area contributed by atoms with E-state index in [-0.39, 0.29) is 0 Å². The van der Waals surface area contributed by atoms with Crippen molar-refractivity contribution >= 4 is 17.3 Å². The van der Waals surface area contributed by atoms with Gasteiger partial charge < -0.3 is 10.1 Å². The van der Waals surface area contributed by atoms with Crippen LogP contribution in [0.1, 0.15) is 11.1 Å². The average molecular weight is 246 g/mol. The summed E-state index contributed by atoms with van der Waals surface area (Å²) in [7, 11) is 0. The largest absolute Gasteiger partial charge is 0.453 e. The van der Waals surface area contributed by atoms with Crippen molar-refractivity contribution < 1.29 is 4.74 Å². The van der Waals surface area contributed by atoms with Crippen LogP contribution in [0.25, 0.3) is 0 Å². The fourth-order valence-corrected chi connectivity index (χ4v) is 2.21. The number of hydrogen-bond acceptors (Lipinski definition) is 2. The highest BCUT2D eigenvalue weighted by Crippen LogP contribution is 2.39. The lowest BCUT2D eigenvalue weighted by Gasteiger charge is -2.09. The molecule has 2 nitrogen and oxygen atoms in total. The Kier molecular flexibility index (Phi) is 2.45. The first-order valence-electron chi connectivity index (χ1n) is 5.54. The van der Waals surface area contributed by atoms with E-state index in [1.165, 1.54) is 5.56 Å². The van der Waals surface area contributed by atoms with E-state index in [9.17, 15) is 0 Å². The predicted molar refractivity (Wildman–Crippen MR) is 70.0 cm³/mol. The molecule has 0 aliphatic carbocycles. The molecule has 3 heteroatoms. The van der Waals surface area contributed by atoms with Gasteiger partial charge in [0, 0.05) is 12.1 Å². The summed E-state index contributed by atoms with van der Waals surface area (Å²) in [4.78, 5) is 0. The minimum atomic E-state index is 0.651. The summed E-state index contributed by atoms with van der Waals surface area (Å²) in [6.07, 6.45) is 0. The molecule has 1 aliphatic heterocycles. The maximum atomic E-state index is 6.16. The van der Waals surface area contributed by atoms with Gasteiger partial charge in [-0.3, -0.25) is 0 Å². The third kappa shape index (κ3) is 1.85. The average Bonchev–Trinajstić information content (AvgIpc) is 2.49. The third-order valence-electron chi connectivity index (χ3n) is 2.86. The van der Waals surface area contributed by atoms with Gasteiger partial charge >= 0.3 is 0 Å². The molecule has 0 spiro atoms. The Balaban J connectivity index is 2.12. The Labute approximate surface area is 105 Å². The number of fused-ring (bicyclic) bond motifs is 2. The maximum absolute atomic E-state index is 6.16. The zero-order valence-corrected chi connectivity index (χ0v) is 10.2. The van der Waals surface area contributed by atoms with Crippen LogP contribution >= 0.6 is 11.6 Å². The number of benzene rings is 2. The van der Waals surface area contributed by atoms with E-state index >= 15 is 0 Å². The van der Waals surface area contributed by atoms with Gasteiger partial charge in [-0.1, -0.05) is 29.8 Å². The van der Waals surface area contributed by atoms with Crippen LogP contribution < -0.4 is 10.1 Å². The molecule has 0 saturated heterocycles. The number of halogens is 1. The van der Waals surface area contributed by atoms with Crippen LogP contribution in [-0.4, -0.2) is 0 Å². The van der Waals surface area contributed by atoms with Gasteiger partial charge in [0.15, 0.2) is 11.5 Å². The summed E-state index contributed by atoms with van der Waals surface area (Å²) in [5.41, 5.74) is 3.29. The smallest absolute Gasteiger partial charge is 0.151 e. The molecule has 2 aromatic rings. The molecule has 1 heterocycles. The van der Waals surface area contributed by atoms with Crippen LogP contribution in [0.2, 0.25) is 5.02 Å². The van der Waals surface area contributed by atoms with Gasteiger partial charge in [-0.2, -0.15) is 0 Å². The van der Waals surface area contributed by atoms with Crippen molar-refractivity contribution in [2.24, 2.45) is 0 Å². The summed E-state index contributed by atoms with van der Waals surface area (Å²) in [5.74, 6) is 1.58. The van der Waals surface area contributed by atoms with Gasteiger partial charge in [0.25, 0.3) is 0 Å². The molecule has 1 N–H and O–H groups in total. The lowest BCUT2D eigenvalue weighted by Crippen LogP contribution is -1.97. The monoisotopic (exact) mass is 245 g/mol. The highest BCUT2D eigenvalue weighted by molar-refractivity contribution is 6.32. The van der Waals surface area contributed by atoms with Crippen molar-refractivity contribution in [3.63, 3.8) is 0 Å². The standard InChI is InChI=1S/C14H12ClNO/c1-9-5-6-13-12(7-9)16-8-10-3-2-4-11(15)14(10)17-13/h2-7,16H,8H2,1H3. The molecule has 86 valence electrons. The molecule has 0 aromatic heterocycles. The van der Waals surface area contributed by atoms with Crippen LogP contribution in [0, 0.1) is 6.92 Å². The van der Waals surface area contributed by atoms with Gasteiger partial charge in [0.1, 0.15) is 0 Å². The predicted octanol–water partition coefficient (Wildman–Crippen LogP) is 4.37. The van der Waals surface area contributed by atoms with E-state index in [0.29, 0.717) is 5.02 Å². The zero-order valence-electron chi connectivity index (χ0n) is 9.46. The van der Waals surface area contributed by atoms with Crippen LogP contribution in [0.5, 0.6) is 11.5 Å². The number of nitrogens with one attached hydrogen (secondary N) is 1. The molecule has 0 unspecified atom stereocenters. The summed E-state index contributed by atoms with van der Waals surface area (Å²) in [6.45, 7) is 2.79. The van der Waals surface area contributed by atoms with Crippen LogP contribution in [0.3, 0.4) is 0 Å². The molecule has 2 aromatic carbocycles. The van der Waals surface area contributed by atoms with E-state index in [1.807, 2.05) is 30.3 Å². The fourth-order valence-electron chi connectivity index (χ4n) is 1.98. The molecule has 0 radical (unpaired) electrons. The number of anilines is 1. The molecule has 0 saturated carbocycles. The van der Waals surface area contributed by atoms with Crippen molar-refractivity contribution in [1.29, 1.82) is 0 Å². The quantitative estimate of drug-likeness (QED) is 0.744. The van der Waals surface area contributed by atoms with E-state index in [4.69, 9.17) is 16.3 Å². The Morgan fingerprint density at radius 2 is 2.12 bits per heavy atom. The van der Waals surface area contributed by atoms with E-state index in [0.717, 1.165) is 29.3 Å². The van der Waals surface area contributed by atoms with E-state index in [2.05, 4.69) is 18.3 Å². The molecule has 0 bridgehead atoms. The summed E-state index contributed by atoms with van der Waals surface area (Å²) in [6, 6.07) is 11.9. The Hall–Kier alpha value is -1.67.